The maximum absolute atomic E-state index is 9.84. The fraction of sp³-hybridized carbons (Fsp3) is 0.571. The second-order valence-electron chi connectivity index (χ2n) is 4.67. The number of hydrogen-bond acceptors (Lipinski definition) is 1. The van der Waals surface area contributed by atoms with E-state index in [0.717, 1.165) is 19.3 Å². The van der Waals surface area contributed by atoms with Gasteiger partial charge in [0.15, 0.2) is 0 Å². The quantitative estimate of drug-likeness (QED) is 0.802. The number of benzene rings is 1. The average Bonchev–Trinajstić information content (AvgIpc) is 2.61. The van der Waals surface area contributed by atoms with Crippen molar-refractivity contribution in [3.8, 4) is 0 Å². The number of aliphatic hydroxyl groups excluding tert-OH is 1. The Morgan fingerprint density at radius 3 is 2.60 bits per heavy atom. The molecule has 15 heavy (non-hydrogen) atoms. The molecule has 1 N–H and O–H groups in total. The topological polar surface area (TPSA) is 20.2 Å². The summed E-state index contributed by atoms with van der Waals surface area (Å²) in [6.07, 6.45) is 4.38. The van der Waals surface area contributed by atoms with Crippen LogP contribution in [0.3, 0.4) is 0 Å². The second kappa shape index (κ2) is 4.80. The lowest BCUT2D eigenvalue weighted by atomic mass is 9.87. The molecular formula is C14H20O. The Kier molecular flexibility index (Phi) is 3.42. The van der Waals surface area contributed by atoms with Crippen LogP contribution in [0.2, 0.25) is 0 Å². The summed E-state index contributed by atoms with van der Waals surface area (Å²) in [6.45, 7) is 2.19. The second-order valence-corrected chi connectivity index (χ2v) is 4.67. The summed E-state index contributed by atoms with van der Waals surface area (Å²) in [7, 11) is 0. The normalized spacial score (nSPS) is 30.7. The van der Waals surface area contributed by atoms with Crippen molar-refractivity contribution in [3.63, 3.8) is 0 Å². The van der Waals surface area contributed by atoms with Crippen LogP contribution in [0, 0.1) is 11.8 Å². The molecule has 1 aliphatic rings. The van der Waals surface area contributed by atoms with E-state index < -0.39 is 0 Å². The molecule has 1 aromatic rings. The van der Waals surface area contributed by atoms with E-state index in [0.29, 0.717) is 11.8 Å². The zero-order valence-corrected chi connectivity index (χ0v) is 9.39. The lowest BCUT2D eigenvalue weighted by Gasteiger charge is -2.20. The van der Waals surface area contributed by atoms with Gasteiger partial charge in [0.05, 0.1) is 6.10 Å². The molecule has 2 rings (SSSR count). The molecule has 0 bridgehead atoms. The van der Waals surface area contributed by atoms with Crippen LogP contribution in [0.25, 0.3) is 0 Å². The molecule has 0 aromatic heterocycles. The molecule has 0 amide bonds. The van der Waals surface area contributed by atoms with E-state index in [4.69, 9.17) is 0 Å². The molecule has 1 aliphatic carbocycles. The van der Waals surface area contributed by atoms with Gasteiger partial charge in [-0.15, -0.1) is 0 Å². The van der Waals surface area contributed by atoms with Crippen molar-refractivity contribution in [1.82, 2.24) is 0 Å². The lowest BCUT2D eigenvalue weighted by Crippen LogP contribution is -2.19. The van der Waals surface area contributed by atoms with Crippen LogP contribution in [-0.2, 0) is 6.42 Å². The zero-order chi connectivity index (χ0) is 10.7. The molecule has 0 aliphatic heterocycles. The van der Waals surface area contributed by atoms with Crippen LogP contribution in [0.1, 0.15) is 31.7 Å². The van der Waals surface area contributed by atoms with Crippen LogP contribution >= 0.6 is 0 Å². The minimum absolute atomic E-state index is 0.0521. The molecule has 0 heterocycles. The van der Waals surface area contributed by atoms with Gasteiger partial charge in [0, 0.05) is 0 Å². The average molecular weight is 204 g/mol. The van der Waals surface area contributed by atoms with Crippen LogP contribution < -0.4 is 0 Å². The summed E-state index contributed by atoms with van der Waals surface area (Å²) in [6, 6.07) is 10.6. The van der Waals surface area contributed by atoms with Crippen molar-refractivity contribution in [2.45, 2.75) is 38.7 Å². The SMILES string of the molecule is CC[C@@H]1[C@H](Cc2ccccc2)CC[C@H]1O. The predicted octanol–water partition coefficient (Wildman–Crippen LogP) is 3.03. The molecule has 82 valence electrons. The van der Waals surface area contributed by atoms with Gasteiger partial charge in [-0.2, -0.15) is 0 Å². The smallest absolute Gasteiger partial charge is 0.0571 e. The Labute approximate surface area is 92.1 Å². The van der Waals surface area contributed by atoms with E-state index in [2.05, 4.69) is 37.3 Å². The highest BCUT2D eigenvalue weighted by molar-refractivity contribution is 5.15. The van der Waals surface area contributed by atoms with Crippen molar-refractivity contribution in [2.75, 3.05) is 0 Å². The van der Waals surface area contributed by atoms with Crippen molar-refractivity contribution < 1.29 is 5.11 Å². The molecular weight excluding hydrogens is 184 g/mol. The van der Waals surface area contributed by atoms with Gasteiger partial charge in [-0.1, -0.05) is 43.7 Å². The first-order chi connectivity index (χ1) is 7.31. The van der Waals surface area contributed by atoms with E-state index in [1.807, 2.05) is 0 Å². The van der Waals surface area contributed by atoms with Gasteiger partial charge in [-0.05, 0) is 36.7 Å². The van der Waals surface area contributed by atoms with E-state index in [1.165, 1.54) is 12.0 Å². The number of rotatable bonds is 3. The maximum Gasteiger partial charge on any atom is 0.0571 e. The van der Waals surface area contributed by atoms with E-state index in [1.54, 1.807) is 0 Å². The Bertz CT molecular complexity index is 293. The third kappa shape index (κ3) is 2.40. The molecule has 1 heteroatoms. The molecule has 0 radical (unpaired) electrons. The molecule has 0 spiro atoms. The van der Waals surface area contributed by atoms with Crippen LogP contribution in [0.15, 0.2) is 30.3 Å². The Morgan fingerprint density at radius 1 is 1.20 bits per heavy atom. The maximum atomic E-state index is 9.84. The first-order valence-corrected chi connectivity index (χ1v) is 6.03. The summed E-state index contributed by atoms with van der Waals surface area (Å²) in [5, 5.41) is 9.84. The van der Waals surface area contributed by atoms with Gasteiger partial charge < -0.3 is 5.11 Å². The number of aliphatic hydroxyl groups is 1. The Morgan fingerprint density at radius 2 is 1.93 bits per heavy atom. The predicted molar refractivity (Wildman–Crippen MR) is 62.7 cm³/mol. The minimum atomic E-state index is -0.0521. The van der Waals surface area contributed by atoms with E-state index >= 15 is 0 Å². The molecule has 3 atom stereocenters. The van der Waals surface area contributed by atoms with Crippen molar-refractivity contribution in [2.24, 2.45) is 11.8 Å². The van der Waals surface area contributed by atoms with Crippen molar-refractivity contribution >= 4 is 0 Å². The molecule has 1 aromatic carbocycles. The van der Waals surface area contributed by atoms with Crippen molar-refractivity contribution in [3.05, 3.63) is 35.9 Å². The molecule has 0 saturated heterocycles. The fourth-order valence-corrected chi connectivity index (χ4v) is 2.90. The van der Waals surface area contributed by atoms with Crippen LogP contribution in [-0.4, -0.2) is 11.2 Å². The van der Waals surface area contributed by atoms with Crippen LogP contribution in [0.4, 0.5) is 0 Å². The highest BCUT2D eigenvalue weighted by atomic mass is 16.3. The molecule has 1 fully saturated rings. The molecule has 0 unspecified atom stereocenters. The van der Waals surface area contributed by atoms with E-state index in [-0.39, 0.29) is 6.10 Å². The highest BCUT2D eigenvalue weighted by Gasteiger charge is 2.33. The first kappa shape index (κ1) is 10.7. The van der Waals surface area contributed by atoms with Gasteiger partial charge >= 0.3 is 0 Å². The lowest BCUT2D eigenvalue weighted by molar-refractivity contribution is 0.115. The monoisotopic (exact) mass is 204 g/mol. The summed E-state index contributed by atoms with van der Waals surface area (Å²) in [4.78, 5) is 0. The third-order valence-electron chi connectivity index (χ3n) is 3.75. The fourth-order valence-electron chi connectivity index (χ4n) is 2.90. The first-order valence-electron chi connectivity index (χ1n) is 6.03. The van der Waals surface area contributed by atoms with Gasteiger partial charge in [0.25, 0.3) is 0 Å². The Hall–Kier alpha value is -0.820. The van der Waals surface area contributed by atoms with Gasteiger partial charge in [0.2, 0.25) is 0 Å². The molecule has 1 nitrogen and oxygen atoms in total. The summed E-state index contributed by atoms with van der Waals surface area (Å²) >= 11 is 0. The molecule has 1 saturated carbocycles. The van der Waals surface area contributed by atoms with E-state index in [9.17, 15) is 5.11 Å². The number of hydrogen-bond donors (Lipinski definition) is 1. The summed E-state index contributed by atoms with van der Waals surface area (Å²) in [5.41, 5.74) is 1.41. The third-order valence-corrected chi connectivity index (χ3v) is 3.75. The van der Waals surface area contributed by atoms with Crippen LogP contribution in [0.5, 0.6) is 0 Å². The highest BCUT2D eigenvalue weighted by Crippen LogP contribution is 2.36. The summed E-state index contributed by atoms with van der Waals surface area (Å²) < 4.78 is 0. The largest absolute Gasteiger partial charge is 0.393 e. The van der Waals surface area contributed by atoms with Crippen molar-refractivity contribution in [1.29, 1.82) is 0 Å². The zero-order valence-electron chi connectivity index (χ0n) is 9.39. The standard InChI is InChI=1S/C14H20O/c1-2-13-12(8-9-14(13)15)10-11-6-4-3-5-7-11/h3-7,12-15H,2,8-10H2,1H3/t12-,13+,14+/m0/s1. The Balaban J connectivity index is 2.00. The van der Waals surface area contributed by atoms with Gasteiger partial charge in [-0.25, -0.2) is 0 Å². The van der Waals surface area contributed by atoms with Gasteiger partial charge in [0.1, 0.15) is 0 Å². The minimum Gasteiger partial charge on any atom is -0.393 e. The summed E-state index contributed by atoms with van der Waals surface area (Å²) in [5.74, 6) is 1.21. The van der Waals surface area contributed by atoms with Gasteiger partial charge in [-0.3, -0.25) is 0 Å².